The van der Waals surface area contributed by atoms with E-state index in [0.717, 1.165) is 41.9 Å². The van der Waals surface area contributed by atoms with E-state index < -0.39 is 0 Å². The van der Waals surface area contributed by atoms with Gasteiger partial charge in [0.1, 0.15) is 5.71 Å². The highest BCUT2D eigenvalue weighted by Crippen LogP contribution is 2.31. The first-order valence-corrected chi connectivity index (χ1v) is 7.77. The molecule has 3 heteroatoms. The second kappa shape index (κ2) is 6.14. The molecular formula is C19H20N2O. The molecule has 3 rings (SSSR count). The van der Waals surface area contributed by atoms with Gasteiger partial charge in [0.2, 0.25) is 0 Å². The Bertz CT molecular complexity index is 734. The Kier molecular flexibility index (Phi) is 4.05. The van der Waals surface area contributed by atoms with E-state index in [9.17, 15) is 4.79 Å². The summed E-state index contributed by atoms with van der Waals surface area (Å²) in [5.41, 5.74) is 4.44. The van der Waals surface area contributed by atoms with Crippen LogP contribution < -0.4 is 4.90 Å². The molecule has 3 nitrogen and oxygen atoms in total. The lowest BCUT2D eigenvalue weighted by Gasteiger charge is -2.15. The molecule has 1 amide bonds. The lowest BCUT2D eigenvalue weighted by Crippen LogP contribution is -2.30. The van der Waals surface area contributed by atoms with Gasteiger partial charge in [-0.25, -0.2) is 4.99 Å². The van der Waals surface area contributed by atoms with Crippen LogP contribution in [0.1, 0.15) is 30.9 Å². The highest BCUT2D eigenvalue weighted by atomic mass is 16.2. The minimum absolute atomic E-state index is 0.0103. The molecule has 0 unspecified atom stereocenters. The molecule has 22 heavy (non-hydrogen) atoms. The highest BCUT2D eigenvalue weighted by Gasteiger charge is 2.33. The molecule has 0 spiro atoms. The molecule has 1 aliphatic heterocycles. The summed E-state index contributed by atoms with van der Waals surface area (Å²) < 4.78 is 0. The SMILES string of the molecule is CCCCN1C(=O)C(=Nc2cccc(C)c2)c2ccccc21. The van der Waals surface area contributed by atoms with Crippen molar-refractivity contribution in [2.24, 2.45) is 4.99 Å². The van der Waals surface area contributed by atoms with Crippen molar-refractivity contribution < 1.29 is 4.79 Å². The summed E-state index contributed by atoms with van der Waals surface area (Å²) >= 11 is 0. The van der Waals surface area contributed by atoms with Crippen LogP contribution in [0, 0.1) is 6.92 Å². The Morgan fingerprint density at radius 1 is 1.09 bits per heavy atom. The van der Waals surface area contributed by atoms with Gasteiger partial charge in [-0.05, 0) is 37.1 Å². The molecule has 112 valence electrons. The number of hydrogen-bond donors (Lipinski definition) is 0. The maximum absolute atomic E-state index is 12.8. The van der Waals surface area contributed by atoms with Gasteiger partial charge in [-0.15, -0.1) is 0 Å². The third-order valence-electron chi connectivity index (χ3n) is 3.88. The van der Waals surface area contributed by atoms with E-state index >= 15 is 0 Å². The van der Waals surface area contributed by atoms with Crippen LogP contribution in [-0.2, 0) is 4.79 Å². The second-order valence-corrected chi connectivity index (χ2v) is 5.63. The molecule has 1 heterocycles. The lowest BCUT2D eigenvalue weighted by molar-refractivity contribution is -0.112. The molecule has 1 aliphatic rings. The zero-order valence-electron chi connectivity index (χ0n) is 13.0. The summed E-state index contributed by atoms with van der Waals surface area (Å²) in [5, 5.41) is 0. The molecule has 0 saturated heterocycles. The highest BCUT2D eigenvalue weighted by molar-refractivity contribution is 6.54. The van der Waals surface area contributed by atoms with Gasteiger partial charge in [0.15, 0.2) is 0 Å². The first-order chi connectivity index (χ1) is 10.7. The van der Waals surface area contributed by atoms with E-state index in [-0.39, 0.29) is 5.91 Å². The van der Waals surface area contributed by atoms with Gasteiger partial charge in [-0.2, -0.15) is 0 Å². The number of aryl methyl sites for hydroxylation is 1. The van der Waals surface area contributed by atoms with Crippen LogP contribution in [0.2, 0.25) is 0 Å². The summed E-state index contributed by atoms with van der Waals surface area (Å²) in [6.45, 7) is 4.91. The maximum Gasteiger partial charge on any atom is 0.277 e. The van der Waals surface area contributed by atoms with Crippen molar-refractivity contribution in [1.29, 1.82) is 0 Å². The fourth-order valence-corrected chi connectivity index (χ4v) is 2.73. The van der Waals surface area contributed by atoms with Crippen molar-refractivity contribution >= 4 is 23.0 Å². The van der Waals surface area contributed by atoms with E-state index in [2.05, 4.69) is 11.9 Å². The summed E-state index contributed by atoms with van der Waals surface area (Å²) in [7, 11) is 0. The number of carbonyl (C=O) groups excluding carboxylic acids is 1. The van der Waals surface area contributed by atoms with Crippen LogP contribution >= 0.6 is 0 Å². The minimum atomic E-state index is 0.0103. The predicted octanol–water partition coefficient (Wildman–Crippen LogP) is 4.26. The Morgan fingerprint density at radius 3 is 2.68 bits per heavy atom. The number of carbonyl (C=O) groups is 1. The summed E-state index contributed by atoms with van der Waals surface area (Å²) in [5.74, 6) is 0.0103. The molecule has 0 aromatic heterocycles. The van der Waals surface area contributed by atoms with Gasteiger partial charge >= 0.3 is 0 Å². The number of anilines is 1. The van der Waals surface area contributed by atoms with Gasteiger partial charge in [0.05, 0.1) is 11.4 Å². The standard InChI is InChI=1S/C19H20N2O/c1-3-4-12-21-17-11-6-5-10-16(17)18(19(21)22)20-15-9-7-8-14(2)13-15/h5-11,13H,3-4,12H2,1-2H3. The zero-order chi connectivity index (χ0) is 15.5. The second-order valence-electron chi connectivity index (χ2n) is 5.63. The van der Waals surface area contributed by atoms with Crippen molar-refractivity contribution in [1.82, 2.24) is 0 Å². The molecule has 0 radical (unpaired) electrons. The van der Waals surface area contributed by atoms with Crippen molar-refractivity contribution in [3.63, 3.8) is 0 Å². The van der Waals surface area contributed by atoms with Crippen LogP contribution in [0.25, 0.3) is 0 Å². The molecule has 0 bridgehead atoms. The van der Waals surface area contributed by atoms with Gasteiger partial charge in [-0.1, -0.05) is 43.7 Å². The van der Waals surface area contributed by atoms with Crippen LogP contribution in [0.5, 0.6) is 0 Å². The first-order valence-electron chi connectivity index (χ1n) is 7.77. The molecule has 0 saturated carbocycles. The van der Waals surface area contributed by atoms with E-state index in [4.69, 9.17) is 0 Å². The van der Waals surface area contributed by atoms with Crippen molar-refractivity contribution in [2.75, 3.05) is 11.4 Å². The molecule has 2 aromatic rings. The largest absolute Gasteiger partial charge is 0.306 e. The van der Waals surface area contributed by atoms with E-state index in [0.29, 0.717) is 5.71 Å². The van der Waals surface area contributed by atoms with Gasteiger partial charge in [0.25, 0.3) is 5.91 Å². The number of benzene rings is 2. The number of unbranched alkanes of at least 4 members (excludes halogenated alkanes) is 1. The average Bonchev–Trinajstić information content (AvgIpc) is 2.78. The Hall–Kier alpha value is -2.42. The topological polar surface area (TPSA) is 32.7 Å². The molecule has 2 aromatic carbocycles. The van der Waals surface area contributed by atoms with E-state index in [1.54, 1.807) is 0 Å². The lowest BCUT2D eigenvalue weighted by atomic mass is 10.1. The fourth-order valence-electron chi connectivity index (χ4n) is 2.73. The summed E-state index contributed by atoms with van der Waals surface area (Å²) in [4.78, 5) is 19.2. The predicted molar refractivity (Wildman–Crippen MR) is 91.1 cm³/mol. The minimum Gasteiger partial charge on any atom is -0.306 e. The van der Waals surface area contributed by atoms with Crippen LogP contribution in [0.3, 0.4) is 0 Å². The molecule has 0 atom stereocenters. The number of hydrogen-bond acceptors (Lipinski definition) is 2. The normalized spacial score (nSPS) is 15.5. The van der Waals surface area contributed by atoms with E-state index in [1.165, 1.54) is 0 Å². The van der Waals surface area contributed by atoms with Crippen molar-refractivity contribution in [3.8, 4) is 0 Å². The van der Waals surface area contributed by atoms with Crippen LogP contribution in [0.4, 0.5) is 11.4 Å². The fraction of sp³-hybridized carbons (Fsp3) is 0.263. The van der Waals surface area contributed by atoms with Crippen molar-refractivity contribution in [3.05, 3.63) is 59.7 Å². The van der Waals surface area contributed by atoms with Gasteiger partial charge in [0, 0.05) is 12.1 Å². The van der Waals surface area contributed by atoms with E-state index in [1.807, 2.05) is 60.4 Å². The Labute approximate surface area is 131 Å². The maximum atomic E-state index is 12.8. The third-order valence-corrected chi connectivity index (χ3v) is 3.88. The summed E-state index contributed by atoms with van der Waals surface area (Å²) in [6.07, 6.45) is 2.06. The molecule has 0 N–H and O–H groups in total. The number of rotatable bonds is 4. The number of amides is 1. The smallest absolute Gasteiger partial charge is 0.277 e. The molecule has 0 fully saturated rings. The molecule has 0 aliphatic carbocycles. The van der Waals surface area contributed by atoms with Gasteiger partial charge < -0.3 is 4.90 Å². The van der Waals surface area contributed by atoms with Crippen LogP contribution in [0.15, 0.2) is 53.5 Å². The Balaban J connectivity index is 2.03. The number of fused-ring (bicyclic) bond motifs is 1. The first kappa shape index (κ1) is 14.5. The third kappa shape index (κ3) is 2.67. The summed E-state index contributed by atoms with van der Waals surface area (Å²) in [6, 6.07) is 15.8. The number of para-hydroxylation sites is 1. The zero-order valence-corrected chi connectivity index (χ0v) is 13.0. The van der Waals surface area contributed by atoms with Gasteiger partial charge in [-0.3, -0.25) is 4.79 Å². The number of nitrogens with zero attached hydrogens (tertiary/aromatic N) is 2. The number of aliphatic imine (C=N–C) groups is 1. The quantitative estimate of drug-likeness (QED) is 0.828. The average molecular weight is 292 g/mol. The Morgan fingerprint density at radius 2 is 1.91 bits per heavy atom. The molecular weight excluding hydrogens is 272 g/mol. The monoisotopic (exact) mass is 292 g/mol. The van der Waals surface area contributed by atoms with Crippen molar-refractivity contribution in [2.45, 2.75) is 26.7 Å². The van der Waals surface area contributed by atoms with Crippen LogP contribution in [-0.4, -0.2) is 18.2 Å².